The summed E-state index contributed by atoms with van der Waals surface area (Å²) in [7, 11) is 2.02. The average Bonchev–Trinajstić information content (AvgIpc) is 2.87. The van der Waals surface area contributed by atoms with Gasteiger partial charge < -0.3 is 9.84 Å². The molecule has 1 N–H and O–H groups in total. The van der Waals surface area contributed by atoms with E-state index in [1.54, 1.807) is 12.4 Å². The SMILES string of the molecule is CNC1CCCCCC1c1nc(-c2ccncc2)no1. The van der Waals surface area contributed by atoms with Crippen molar-refractivity contribution in [3.63, 3.8) is 0 Å². The summed E-state index contributed by atoms with van der Waals surface area (Å²) in [5.41, 5.74) is 0.949. The molecule has 0 aromatic carbocycles. The Morgan fingerprint density at radius 2 is 1.95 bits per heavy atom. The van der Waals surface area contributed by atoms with Gasteiger partial charge in [-0.15, -0.1) is 0 Å². The van der Waals surface area contributed by atoms with Gasteiger partial charge in [0.1, 0.15) is 0 Å². The summed E-state index contributed by atoms with van der Waals surface area (Å²) in [6.45, 7) is 0. The van der Waals surface area contributed by atoms with Crippen molar-refractivity contribution in [1.29, 1.82) is 0 Å². The van der Waals surface area contributed by atoms with Gasteiger partial charge in [-0.3, -0.25) is 4.98 Å². The van der Waals surface area contributed by atoms with Crippen LogP contribution in [0.2, 0.25) is 0 Å². The Morgan fingerprint density at radius 3 is 2.75 bits per heavy atom. The summed E-state index contributed by atoms with van der Waals surface area (Å²) >= 11 is 0. The quantitative estimate of drug-likeness (QED) is 0.870. The van der Waals surface area contributed by atoms with E-state index in [-0.39, 0.29) is 0 Å². The molecule has 1 saturated carbocycles. The van der Waals surface area contributed by atoms with Gasteiger partial charge in [0.25, 0.3) is 0 Å². The van der Waals surface area contributed by atoms with Gasteiger partial charge in [0, 0.05) is 24.0 Å². The Morgan fingerprint density at radius 1 is 1.15 bits per heavy atom. The molecule has 2 unspecified atom stereocenters. The highest BCUT2D eigenvalue weighted by Gasteiger charge is 2.28. The third-order valence-electron chi connectivity index (χ3n) is 4.08. The summed E-state index contributed by atoms with van der Waals surface area (Å²) in [6, 6.07) is 4.23. The molecule has 5 heteroatoms. The molecular formula is C15H20N4O. The molecule has 2 atom stereocenters. The van der Waals surface area contributed by atoms with Crippen LogP contribution in [0.3, 0.4) is 0 Å². The normalized spacial score (nSPS) is 23.4. The van der Waals surface area contributed by atoms with E-state index < -0.39 is 0 Å². The summed E-state index contributed by atoms with van der Waals surface area (Å²) < 4.78 is 5.52. The number of hydrogen-bond donors (Lipinski definition) is 1. The molecular weight excluding hydrogens is 252 g/mol. The maximum Gasteiger partial charge on any atom is 0.231 e. The van der Waals surface area contributed by atoms with Crippen molar-refractivity contribution in [3.05, 3.63) is 30.4 Å². The van der Waals surface area contributed by atoms with Crippen molar-refractivity contribution in [2.24, 2.45) is 0 Å². The van der Waals surface area contributed by atoms with Gasteiger partial charge >= 0.3 is 0 Å². The van der Waals surface area contributed by atoms with Crippen molar-refractivity contribution in [1.82, 2.24) is 20.4 Å². The van der Waals surface area contributed by atoms with E-state index in [1.807, 2.05) is 19.2 Å². The molecule has 0 aliphatic heterocycles. The lowest BCUT2D eigenvalue weighted by molar-refractivity contribution is 0.311. The van der Waals surface area contributed by atoms with Crippen molar-refractivity contribution in [2.75, 3.05) is 7.05 Å². The van der Waals surface area contributed by atoms with E-state index in [1.165, 1.54) is 25.7 Å². The molecule has 2 aromatic rings. The van der Waals surface area contributed by atoms with Gasteiger partial charge in [-0.1, -0.05) is 24.4 Å². The molecule has 0 bridgehead atoms. The van der Waals surface area contributed by atoms with Crippen LogP contribution in [0.5, 0.6) is 0 Å². The Bertz CT molecular complexity index is 540. The minimum absolute atomic E-state index is 0.325. The van der Waals surface area contributed by atoms with Crippen LogP contribution in [0.4, 0.5) is 0 Å². The van der Waals surface area contributed by atoms with Gasteiger partial charge in [0.2, 0.25) is 11.7 Å². The number of pyridine rings is 1. The van der Waals surface area contributed by atoms with Gasteiger partial charge in [0.15, 0.2) is 0 Å². The monoisotopic (exact) mass is 272 g/mol. The second-order valence-corrected chi connectivity index (χ2v) is 5.33. The second-order valence-electron chi connectivity index (χ2n) is 5.33. The summed E-state index contributed by atoms with van der Waals surface area (Å²) in [5.74, 6) is 1.74. The summed E-state index contributed by atoms with van der Waals surface area (Å²) in [4.78, 5) is 8.61. The zero-order chi connectivity index (χ0) is 13.8. The molecule has 1 aliphatic carbocycles. The fraction of sp³-hybridized carbons (Fsp3) is 0.533. The first-order valence-corrected chi connectivity index (χ1v) is 7.30. The molecule has 5 nitrogen and oxygen atoms in total. The highest BCUT2D eigenvalue weighted by Crippen LogP contribution is 2.31. The average molecular weight is 272 g/mol. The topological polar surface area (TPSA) is 63.8 Å². The lowest BCUT2D eigenvalue weighted by Gasteiger charge is -2.20. The fourth-order valence-corrected chi connectivity index (χ4v) is 2.95. The number of rotatable bonds is 3. The minimum Gasteiger partial charge on any atom is -0.339 e. The molecule has 0 saturated heterocycles. The van der Waals surface area contributed by atoms with Crippen LogP contribution in [0, 0.1) is 0 Å². The maximum atomic E-state index is 5.52. The molecule has 0 spiro atoms. The molecule has 0 amide bonds. The zero-order valence-electron chi connectivity index (χ0n) is 11.7. The molecule has 1 fully saturated rings. The van der Waals surface area contributed by atoms with Gasteiger partial charge in [0.05, 0.1) is 5.92 Å². The lowest BCUT2D eigenvalue weighted by Crippen LogP contribution is -2.31. The molecule has 3 rings (SSSR count). The number of aromatic nitrogens is 3. The largest absolute Gasteiger partial charge is 0.339 e. The van der Waals surface area contributed by atoms with E-state index >= 15 is 0 Å². The maximum absolute atomic E-state index is 5.52. The van der Waals surface area contributed by atoms with E-state index in [0.717, 1.165) is 17.9 Å². The van der Waals surface area contributed by atoms with Crippen LogP contribution in [-0.2, 0) is 0 Å². The van der Waals surface area contributed by atoms with Crippen LogP contribution in [0.15, 0.2) is 29.0 Å². The number of hydrogen-bond acceptors (Lipinski definition) is 5. The van der Waals surface area contributed by atoms with Gasteiger partial charge in [-0.25, -0.2) is 0 Å². The van der Waals surface area contributed by atoms with Gasteiger partial charge in [-0.05, 0) is 32.0 Å². The van der Waals surface area contributed by atoms with Crippen LogP contribution in [0.1, 0.15) is 43.9 Å². The van der Waals surface area contributed by atoms with Crippen LogP contribution >= 0.6 is 0 Å². The first-order chi connectivity index (χ1) is 9.88. The highest BCUT2D eigenvalue weighted by molar-refractivity contribution is 5.52. The Labute approximate surface area is 118 Å². The van der Waals surface area contributed by atoms with Crippen molar-refractivity contribution >= 4 is 0 Å². The van der Waals surface area contributed by atoms with Crippen LogP contribution < -0.4 is 5.32 Å². The first-order valence-electron chi connectivity index (χ1n) is 7.30. The Hall–Kier alpha value is -1.75. The molecule has 2 heterocycles. The highest BCUT2D eigenvalue weighted by atomic mass is 16.5. The van der Waals surface area contributed by atoms with Crippen molar-refractivity contribution in [3.8, 4) is 11.4 Å². The molecule has 1 aliphatic rings. The number of nitrogens with zero attached hydrogens (tertiary/aromatic N) is 3. The molecule has 20 heavy (non-hydrogen) atoms. The molecule has 106 valence electrons. The Balaban J connectivity index is 1.85. The molecule has 0 radical (unpaired) electrons. The van der Waals surface area contributed by atoms with E-state index in [0.29, 0.717) is 17.8 Å². The predicted molar refractivity (Wildman–Crippen MR) is 76.2 cm³/mol. The molecule has 2 aromatic heterocycles. The summed E-state index contributed by atoms with van der Waals surface area (Å²) in [6.07, 6.45) is 9.57. The van der Waals surface area contributed by atoms with E-state index in [2.05, 4.69) is 20.4 Å². The third-order valence-corrected chi connectivity index (χ3v) is 4.08. The van der Waals surface area contributed by atoms with E-state index in [9.17, 15) is 0 Å². The fourth-order valence-electron chi connectivity index (χ4n) is 2.95. The Kier molecular flexibility index (Phi) is 4.06. The lowest BCUT2D eigenvalue weighted by atomic mass is 9.95. The minimum atomic E-state index is 0.325. The predicted octanol–water partition coefficient (Wildman–Crippen LogP) is 2.77. The van der Waals surface area contributed by atoms with Crippen molar-refractivity contribution < 1.29 is 4.52 Å². The number of nitrogens with one attached hydrogen (secondary N) is 1. The first kappa shape index (κ1) is 13.2. The van der Waals surface area contributed by atoms with Crippen LogP contribution in [-0.4, -0.2) is 28.2 Å². The third kappa shape index (κ3) is 2.72. The van der Waals surface area contributed by atoms with E-state index in [4.69, 9.17) is 4.52 Å². The zero-order valence-corrected chi connectivity index (χ0v) is 11.7. The summed E-state index contributed by atoms with van der Waals surface area (Å²) in [5, 5.41) is 7.52. The standard InChI is InChI=1S/C15H20N4O/c1-16-13-6-4-2-3-5-12(13)15-18-14(19-20-15)11-7-9-17-10-8-11/h7-10,12-13,16H,2-6H2,1H3. The second kappa shape index (κ2) is 6.13. The van der Waals surface area contributed by atoms with Gasteiger partial charge in [-0.2, -0.15) is 4.98 Å². The number of likely N-dealkylation sites (N-methyl/N-ethyl adjacent to an activating group) is 1. The van der Waals surface area contributed by atoms with Crippen LogP contribution in [0.25, 0.3) is 11.4 Å². The van der Waals surface area contributed by atoms with Crippen molar-refractivity contribution in [2.45, 2.75) is 44.1 Å². The smallest absolute Gasteiger partial charge is 0.231 e.